The zero-order chi connectivity index (χ0) is 20.4. The molecule has 0 spiro atoms. The highest BCUT2D eigenvalue weighted by Crippen LogP contribution is 2.20. The zero-order valence-corrected chi connectivity index (χ0v) is 18.2. The fraction of sp³-hybridized carbons (Fsp3) is 0.409. The number of quaternary nitrogens is 2. The highest BCUT2D eigenvalue weighted by molar-refractivity contribution is 6.35. The summed E-state index contributed by atoms with van der Waals surface area (Å²) in [5.74, 6) is -0.170. The van der Waals surface area contributed by atoms with Crippen LogP contribution in [-0.2, 0) is 6.54 Å². The molecule has 0 saturated carbocycles. The minimum atomic E-state index is -0.170. The van der Waals surface area contributed by atoms with Gasteiger partial charge in [0.1, 0.15) is 6.54 Å². The van der Waals surface area contributed by atoms with Crippen molar-refractivity contribution in [2.24, 2.45) is 0 Å². The van der Waals surface area contributed by atoms with Gasteiger partial charge in [-0.15, -0.1) is 0 Å². The number of amides is 1. The highest BCUT2D eigenvalue weighted by Gasteiger charge is 2.11. The summed E-state index contributed by atoms with van der Waals surface area (Å²) in [6.07, 6.45) is 2.12. The van der Waals surface area contributed by atoms with Crippen molar-refractivity contribution in [1.29, 1.82) is 0 Å². The summed E-state index contributed by atoms with van der Waals surface area (Å²) in [7, 11) is 4.46. The van der Waals surface area contributed by atoms with Crippen LogP contribution in [0.2, 0.25) is 10.0 Å². The fourth-order valence-corrected chi connectivity index (χ4v) is 3.58. The molecule has 152 valence electrons. The molecule has 0 aliphatic heterocycles. The Kier molecular flexibility index (Phi) is 9.79. The monoisotopic (exact) mass is 423 g/mol. The number of hydrogen-bond acceptors (Lipinski definition) is 1. The molecular formula is C22H31Cl2N3O+2. The number of halogens is 2. The zero-order valence-electron chi connectivity index (χ0n) is 16.7. The van der Waals surface area contributed by atoms with Crippen LogP contribution in [0.1, 0.15) is 28.8 Å². The number of carbonyl (C=O) groups is 1. The normalized spacial score (nSPS) is 13.1. The summed E-state index contributed by atoms with van der Waals surface area (Å²) < 4.78 is 0. The molecule has 0 fully saturated rings. The fourth-order valence-electron chi connectivity index (χ4n) is 3.21. The third-order valence-electron chi connectivity index (χ3n) is 4.79. The van der Waals surface area contributed by atoms with E-state index in [-0.39, 0.29) is 5.91 Å². The summed E-state index contributed by atoms with van der Waals surface area (Å²) in [6.45, 7) is 5.04. The van der Waals surface area contributed by atoms with Crippen LogP contribution in [0.3, 0.4) is 0 Å². The molecule has 0 radical (unpaired) electrons. The second-order valence-electron chi connectivity index (χ2n) is 7.41. The van der Waals surface area contributed by atoms with Crippen LogP contribution in [0.25, 0.3) is 0 Å². The Hall–Kier alpha value is -1.59. The number of nitrogens with one attached hydrogen (secondary N) is 3. The molecular weight excluding hydrogens is 393 g/mol. The lowest BCUT2D eigenvalue weighted by molar-refractivity contribution is -0.908. The van der Waals surface area contributed by atoms with Gasteiger partial charge in [0.25, 0.3) is 5.91 Å². The maximum atomic E-state index is 12.2. The van der Waals surface area contributed by atoms with Crippen molar-refractivity contribution in [1.82, 2.24) is 5.32 Å². The van der Waals surface area contributed by atoms with E-state index in [0.29, 0.717) is 22.2 Å². The van der Waals surface area contributed by atoms with E-state index in [1.807, 2.05) is 0 Å². The molecule has 28 heavy (non-hydrogen) atoms. The Morgan fingerprint density at radius 2 is 1.61 bits per heavy atom. The quantitative estimate of drug-likeness (QED) is 0.473. The first-order chi connectivity index (χ1) is 13.5. The minimum absolute atomic E-state index is 0.170. The Balaban J connectivity index is 1.58. The minimum Gasteiger partial charge on any atom is -0.352 e. The van der Waals surface area contributed by atoms with Gasteiger partial charge in [0.15, 0.2) is 0 Å². The van der Waals surface area contributed by atoms with Crippen molar-refractivity contribution < 1.29 is 14.6 Å². The van der Waals surface area contributed by atoms with E-state index >= 15 is 0 Å². The molecule has 0 heterocycles. The van der Waals surface area contributed by atoms with E-state index < -0.39 is 0 Å². The lowest BCUT2D eigenvalue weighted by atomic mass is 10.2. The van der Waals surface area contributed by atoms with Crippen molar-refractivity contribution in [2.75, 3.05) is 40.3 Å². The maximum absolute atomic E-state index is 12.2. The first-order valence-electron chi connectivity index (χ1n) is 9.85. The van der Waals surface area contributed by atoms with Crippen molar-refractivity contribution in [2.45, 2.75) is 19.4 Å². The number of carbonyl (C=O) groups excluding carboxylic acids is 1. The third-order valence-corrected chi connectivity index (χ3v) is 5.36. The molecule has 3 N–H and O–H groups in total. The Morgan fingerprint density at radius 1 is 0.929 bits per heavy atom. The molecule has 0 aliphatic carbocycles. The molecule has 2 atom stereocenters. The van der Waals surface area contributed by atoms with Crippen molar-refractivity contribution >= 4 is 29.1 Å². The van der Waals surface area contributed by atoms with E-state index in [9.17, 15) is 4.79 Å². The highest BCUT2D eigenvalue weighted by atomic mass is 35.5. The summed E-state index contributed by atoms with van der Waals surface area (Å²) >= 11 is 12.0. The van der Waals surface area contributed by atoms with Gasteiger partial charge in [0.05, 0.1) is 44.3 Å². The van der Waals surface area contributed by atoms with Gasteiger partial charge in [0, 0.05) is 30.0 Å². The molecule has 6 heteroatoms. The van der Waals surface area contributed by atoms with Crippen LogP contribution in [0, 0.1) is 0 Å². The Bertz CT molecular complexity index is 740. The molecule has 0 saturated heterocycles. The van der Waals surface area contributed by atoms with E-state index in [1.165, 1.54) is 21.8 Å². The van der Waals surface area contributed by atoms with Crippen molar-refractivity contribution in [3.05, 3.63) is 69.7 Å². The first kappa shape index (κ1) is 22.7. The van der Waals surface area contributed by atoms with E-state index in [0.717, 1.165) is 32.6 Å². The van der Waals surface area contributed by atoms with Crippen molar-refractivity contribution in [3.8, 4) is 0 Å². The van der Waals surface area contributed by atoms with Gasteiger partial charge in [0.2, 0.25) is 0 Å². The standard InChI is InChI=1S/C22H29Cl2N3O/c1-26(14-7-15-27(2)17-18-8-4-3-5-9-18)13-6-12-25-22(28)20-16-19(23)10-11-21(20)24/h3-5,8-11,16H,6-7,12-15,17H2,1-2H3,(H,25,28)/p+2. The van der Waals surface area contributed by atoms with Gasteiger partial charge in [-0.2, -0.15) is 0 Å². The Morgan fingerprint density at radius 3 is 2.36 bits per heavy atom. The Labute approximate surface area is 178 Å². The molecule has 2 aromatic carbocycles. The van der Waals surface area contributed by atoms with Crippen LogP contribution >= 0.6 is 23.2 Å². The van der Waals surface area contributed by atoms with E-state index in [1.54, 1.807) is 18.2 Å². The second-order valence-corrected chi connectivity index (χ2v) is 8.26. The van der Waals surface area contributed by atoms with Crippen LogP contribution in [-0.4, -0.2) is 46.2 Å². The van der Waals surface area contributed by atoms with Gasteiger partial charge in [-0.05, 0) is 18.2 Å². The largest absolute Gasteiger partial charge is 0.352 e. The van der Waals surface area contributed by atoms with Crippen LogP contribution in [0.4, 0.5) is 0 Å². The predicted octanol–water partition coefficient (Wildman–Crippen LogP) is 1.73. The molecule has 1 amide bonds. The summed E-state index contributed by atoms with van der Waals surface area (Å²) in [4.78, 5) is 15.2. The van der Waals surface area contributed by atoms with Gasteiger partial charge in [-0.1, -0.05) is 53.5 Å². The van der Waals surface area contributed by atoms with Crippen LogP contribution < -0.4 is 15.1 Å². The molecule has 2 rings (SSSR count). The summed E-state index contributed by atoms with van der Waals surface area (Å²) in [6, 6.07) is 15.6. The molecule has 4 nitrogen and oxygen atoms in total. The van der Waals surface area contributed by atoms with Crippen LogP contribution in [0.5, 0.6) is 0 Å². The smallest absolute Gasteiger partial charge is 0.252 e. The van der Waals surface area contributed by atoms with Gasteiger partial charge >= 0.3 is 0 Å². The SMILES string of the molecule is C[NH+](CCCNC(=O)c1cc(Cl)ccc1Cl)CCC[NH+](C)Cc1ccccc1. The summed E-state index contributed by atoms with van der Waals surface area (Å²) in [5, 5.41) is 3.86. The molecule has 0 bridgehead atoms. The van der Waals surface area contributed by atoms with E-state index in [2.05, 4.69) is 49.7 Å². The predicted molar refractivity (Wildman–Crippen MR) is 117 cm³/mol. The molecule has 0 aliphatic rings. The number of hydrogen-bond donors (Lipinski definition) is 3. The van der Waals surface area contributed by atoms with Gasteiger partial charge < -0.3 is 15.1 Å². The summed E-state index contributed by atoms with van der Waals surface area (Å²) in [5.41, 5.74) is 1.82. The maximum Gasteiger partial charge on any atom is 0.252 e. The van der Waals surface area contributed by atoms with Gasteiger partial charge in [-0.25, -0.2) is 0 Å². The average Bonchev–Trinajstić information content (AvgIpc) is 2.67. The first-order valence-corrected chi connectivity index (χ1v) is 10.6. The number of benzene rings is 2. The third kappa shape index (κ3) is 8.19. The topological polar surface area (TPSA) is 38.0 Å². The average molecular weight is 424 g/mol. The number of rotatable bonds is 11. The molecule has 0 aromatic heterocycles. The van der Waals surface area contributed by atoms with Crippen molar-refractivity contribution in [3.63, 3.8) is 0 Å². The molecule has 2 aromatic rings. The molecule has 2 unspecified atom stereocenters. The van der Waals surface area contributed by atoms with Gasteiger partial charge in [-0.3, -0.25) is 4.79 Å². The lowest BCUT2D eigenvalue weighted by Crippen LogP contribution is -3.11. The lowest BCUT2D eigenvalue weighted by Gasteiger charge is -2.17. The second kappa shape index (κ2) is 12.1. The van der Waals surface area contributed by atoms with Crippen LogP contribution in [0.15, 0.2) is 48.5 Å². The van der Waals surface area contributed by atoms with E-state index in [4.69, 9.17) is 23.2 Å².